The van der Waals surface area contributed by atoms with Gasteiger partial charge in [0.2, 0.25) is 0 Å². The highest BCUT2D eigenvalue weighted by Gasteiger charge is 2.12. The number of pyridine rings is 1. The van der Waals surface area contributed by atoms with Crippen molar-refractivity contribution in [3.05, 3.63) is 39.0 Å². The molecule has 0 fully saturated rings. The molecule has 0 amide bonds. The Bertz CT molecular complexity index is 598. The van der Waals surface area contributed by atoms with Crippen LogP contribution in [0.5, 0.6) is 0 Å². The van der Waals surface area contributed by atoms with Crippen LogP contribution in [0.15, 0.2) is 22.7 Å². The average molecular weight is 301 g/mol. The zero-order chi connectivity index (χ0) is 11.9. The first kappa shape index (κ1) is 11.4. The number of aromatic nitrogens is 1. The van der Waals surface area contributed by atoms with Crippen LogP contribution < -0.4 is 0 Å². The predicted octanol–water partition coefficient (Wildman–Crippen LogP) is 3.66. The largest absolute Gasteiger partial charge is 0.477 e. The minimum Gasteiger partial charge on any atom is -0.477 e. The van der Waals surface area contributed by atoms with Gasteiger partial charge in [-0.1, -0.05) is 33.6 Å². The number of aryl methyl sites for hydroxylation is 1. The van der Waals surface area contributed by atoms with Crippen molar-refractivity contribution in [3.63, 3.8) is 0 Å². The van der Waals surface area contributed by atoms with E-state index in [4.69, 9.17) is 16.7 Å². The van der Waals surface area contributed by atoms with Crippen LogP contribution >= 0.6 is 27.5 Å². The van der Waals surface area contributed by atoms with E-state index in [0.717, 1.165) is 15.4 Å². The third-order valence-electron chi connectivity index (χ3n) is 2.34. The Hall–Kier alpha value is -1.13. The second kappa shape index (κ2) is 4.03. The van der Waals surface area contributed by atoms with Crippen LogP contribution in [0.25, 0.3) is 10.9 Å². The molecule has 2 rings (SSSR count). The van der Waals surface area contributed by atoms with E-state index in [2.05, 4.69) is 20.9 Å². The van der Waals surface area contributed by atoms with Gasteiger partial charge in [-0.2, -0.15) is 0 Å². The zero-order valence-corrected chi connectivity index (χ0v) is 10.6. The molecule has 1 N–H and O–H groups in total. The molecule has 1 heterocycles. The lowest BCUT2D eigenvalue weighted by Crippen LogP contribution is -2.01. The summed E-state index contributed by atoms with van der Waals surface area (Å²) in [5.74, 6) is -1.08. The van der Waals surface area contributed by atoms with Gasteiger partial charge in [0.05, 0.1) is 10.5 Å². The van der Waals surface area contributed by atoms with Crippen molar-refractivity contribution in [2.75, 3.05) is 0 Å². The monoisotopic (exact) mass is 299 g/mol. The molecule has 82 valence electrons. The van der Waals surface area contributed by atoms with Gasteiger partial charge in [0.15, 0.2) is 0 Å². The summed E-state index contributed by atoms with van der Waals surface area (Å²) in [7, 11) is 0. The van der Waals surface area contributed by atoms with Gasteiger partial charge in [-0.05, 0) is 24.6 Å². The van der Waals surface area contributed by atoms with Gasteiger partial charge in [-0.25, -0.2) is 9.78 Å². The van der Waals surface area contributed by atoms with Crippen molar-refractivity contribution in [2.24, 2.45) is 0 Å². The Morgan fingerprint density at radius 2 is 2.19 bits per heavy atom. The maximum absolute atomic E-state index is 10.9. The molecule has 0 bridgehead atoms. The molecule has 1 aromatic carbocycles. The van der Waals surface area contributed by atoms with Crippen molar-refractivity contribution in [1.82, 2.24) is 4.98 Å². The quantitative estimate of drug-likeness (QED) is 0.874. The lowest BCUT2D eigenvalue weighted by atomic mass is 10.1. The van der Waals surface area contributed by atoms with E-state index in [9.17, 15) is 4.79 Å². The number of hydrogen-bond acceptors (Lipinski definition) is 2. The summed E-state index contributed by atoms with van der Waals surface area (Å²) in [6.45, 7) is 1.86. The molecule has 0 aliphatic rings. The van der Waals surface area contributed by atoms with Crippen molar-refractivity contribution in [1.29, 1.82) is 0 Å². The molecule has 0 saturated heterocycles. The normalized spacial score (nSPS) is 10.7. The number of hydrogen-bond donors (Lipinski definition) is 1. The molecular formula is C11H7BrClNO2. The predicted molar refractivity (Wildman–Crippen MR) is 66.1 cm³/mol. The average Bonchev–Trinajstić information content (AvgIpc) is 2.23. The summed E-state index contributed by atoms with van der Waals surface area (Å²) in [6, 6.07) is 5.04. The first-order valence-electron chi connectivity index (χ1n) is 4.49. The van der Waals surface area contributed by atoms with Gasteiger partial charge in [-0.15, -0.1) is 0 Å². The number of rotatable bonds is 1. The molecule has 1 aromatic heterocycles. The highest BCUT2D eigenvalue weighted by Crippen LogP contribution is 2.29. The minimum absolute atomic E-state index is 0.0429. The van der Waals surface area contributed by atoms with Gasteiger partial charge in [0, 0.05) is 9.86 Å². The number of nitrogens with zero attached hydrogens (tertiary/aromatic N) is 1. The first-order chi connectivity index (χ1) is 7.50. The van der Waals surface area contributed by atoms with E-state index < -0.39 is 5.97 Å². The van der Waals surface area contributed by atoms with E-state index in [0.29, 0.717) is 10.5 Å². The Labute approximate surface area is 105 Å². The maximum Gasteiger partial charge on any atom is 0.354 e. The fraction of sp³-hybridized carbons (Fsp3) is 0.0909. The summed E-state index contributed by atoms with van der Waals surface area (Å²) >= 11 is 9.38. The third-order valence-corrected chi connectivity index (χ3v) is 3.51. The first-order valence-corrected chi connectivity index (χ1v) is 5.66. The zero-order valence-electron chi connectivity index (χ0n) is 8.29. The molecule has 0 atom stereocenters. The van der Waals surface area contributed by atoms with E-state index in [-0.39, 0.29) is 5.69 Å². The van der Waals surface area contributed by atoms with Crippen LogP contribution in [0.4, 0.5) is 0 Å². The summed E-state index contributed by atoms with van der Waals surface area (Å²) in [6.07, 6.45) is 0. The molecule has 0 radical (unpaired) electrons. The van der Waals surface area contributed by atoms with Crippen molar-refractivity contribution < 1.29 is 9.90 Å². The SMILES string of the molecule is Cc1c(Br)ccc2c(Cl)cc(C(=O)O)nc12. The Balaban J connectivity index is 2.88. The summed E-state index contributed by atoms with van der Waals surface area (Å²) in [4.78, 5) is 14.9. The van der Waals surface area contributed by atoms with Gasteiger partial charge in [-0.3, -0.25) is 0 Å². The maximum atomic E-state index is 10.9. The Morgan fingerprint density at radius 1 is 1.50 bits per heavy atom. The highest BCUT2D eigenvalue weighted by atomic mass is 79.9. The second-order valence-electron chi connectivity index (χ2n) is 3.36. The molecule has 0 aliphatic carbocycles. The van der Waals surface area contributed by atoms with Crippen molar-refractivity contribution >= 4 is 44.4 Å². The number of halogens is 2. The van der Waals surface area contributed by atoms with E-state index in [1.807, 2.05) is 19.1 Å². The fourth-order valence-corrected chi connectivity index (χ4v) is 2.05. The fourth-order valence-electron chi connectivity index (χ4n) is 1.47. The number of benzene rings is 1. The van der Waals surface area contributed by atoms with Gasteiger partial charge in [0.25, 0.3) is 0 Å². The molecule has 5 heteroatoms. The Kier molecular flexibility index (Phi) is 2.86. The standard InChI is InChI=1S/C11H7BrClNO2/c1-5-7(12)3-2-6-8(13)4-9(11(15)16)14-10(5)6/h2-4H,1H3,(H,15,16). The molecule has 0 spiro atoms. The van der Waals surface area contributed by atoms with Crippen LogP contribution in [-0.4, -0.2) is 16.1 Å². The van der Waals surface area contributed by atoms with E-state index in [1.165, 1.54) is 6.07 Å². The van der Waals surface area contributed by atoms with Crippen LogP contribution in [0.3, 0.4) is 0 Å². The third kappa shape index (κ3) is 1.79. The van der Waals surface area contributed by atoms with Crippen LogP contribution in [0, 0.1) is 6.92 Å². The number of carboxylic acids is 1. The van der Waals surface area contributed by atoms with Gasteiger partial charge >= 0.3 is 5.97 Å². The van der Waals surface area contributed by atoms with Gasteiger partial charge < -0.3 is 5.11 Å². The Morgan fingerprint density at radius 3 is 2.81 bits per heavy atom. The molecule has 2 aromatic rings. The summed E-state index contributed by atoms with van der Waals surface area (Å²) in [5, 5.41) is 10.1. The summed E-state index contributed by atoms with van der Waals surface area (Å²) < 4.78 is 0.881. The highest BCUT2D eigenvalue weighted by molar-refractivity contribution is 9.10. The lowest BCUT2D eigenvalue weighted by molar-refractivity contribution is 0.0691. The van der Waals surface area contributed by atoms with Gasteiger partial charge in [0.1, 0.15) is 5.69 Å². The smallest absolute Gasteiger partial charge is 0.354 e. The number of carboxylic acid groups (broad SMARTS) is 1. The van der Waals surface area contributed by atoms with E-state index >= 15 is 0 Å². The number of carbonyl (C=O) groups is 1. The molecule has 0 aliphatic heterocycles. The van der Waals surface area contributed by atoms with Crippen LogP contribution in [-0.2, 0) is 0 Å². The van der Waals surface area contributed by atoms with Crippen LogP contribution in [0.2, 0.25) is 5.02 Å². The molecule has 0 saturated carbocycles. The summed E-state index contributed by atoms with van der Waals surface area (Å²) in [5.41, 5.74) is 1.44. The second-order valence-corrected chi connectivity index (χ2v) is 4.62. The molecule has 3 nitrogen and oxygen atoms in total. The number of fused-ring (bicyclic) bond motifs is 1. The lowest BCUT2D eigenvalue weighted by Gasteiger charge is -2.06. The topological polar surface area (TPSA) is 50.2 Å². The molecular weight excluding hydrogens is 293 g/mol. The molecule has 0 unspecified atom stereocenters. The van der Waals surface area contributed by atoms with Crippen molar-refractivity contribution in [3.8, 4) is 0 Å². The van der Waals surface area contributed by atoms with Crippen LogP contribution in [0.1, 0.15) is 16.1 Å². The number of aromatic carboxylic acids is 1. The molecule has 16 heavy (non-hydrogen) atoms. The minimum atomic E-state index is -1.08. The van der Waals surface area contributed by atoms with E-state index in [1.54, 1.807) is 0 Å². The van der Waals surface area contributed by atoms with Crippen molar-refractivity contribution in [2.45, 2.75) is 6.92 Å².